The van der Waals surface area contributed by atoms with Crippen molar-refractivity contribution in [3.63, 3.8) is 0 Å². The van der Waals surface area contributed by atoms with Gasteiger partial charge < -0.3 is 15.4 Å². The van der Waals surface area contributed by atoms with E-state index in [9.17, 15) is 9.59 Å². The fraction of sp³-hybridized carbons (Fsp3) is 0.467. The average molecular weight is 280 g/mol. The molecule has 5 heteroatoms. The molecule has 0 saturated heterocycles. The Morgan fingerprint density at radius 3 is 2.45 bits per heavy atom. The van der Waals surface area contributed by atoms with Gasteiger partial charge in [0.1, 0.15) is 11.6 Å². The summed E-state index contributed by atoms with van der Waals surface area (Å²) in [5.74, 6) is -0.639. The second-order valence-corrected chi connectivity index (χ2v) is 5.35. The molecule has 1 atom stereocenters. The summed E-state index contributed by atoms with van der Waals surface area (Å²) in [6, 6.07) is 7.35. The molecule has 20 heavy (non-hydrogen) atoms. The molecule has 0 fully saturated rings. The SMILES string of the molecule is [2H]C([2H])(NC(=O)C(C)NC(=O)OC(C)(C)C)c1ccccc1. The number of rotatable bonds is 4. The average Bonchev–Trinajstić information content (AvgIpc) is 2.36. The molecule has 2 N–H and O–H groups in total. The molecule has 0 aliphatic carbocycles. The van der Waals surface area contributed by atoms with Crippen LogP contribution in [0.15, 0.2) is 30.3 Å². The topological polar surface area (TPSA) is 67.4 Å². The molecule has 110 valence electrons. The Kier molecular flexibility index (Phi) is 4.50. The van der Waals surface area contributed by atoms with Gasteiger partial charge in [0.15, 0.2) is 0 Å². The van der Waals surface area contributed by atoms with E-state index < -0.39 is 30.1 Å². The van der Waals surface area contributed by atoms with E-state index in [0.717, 1.165) is 0 Å². The van der Waals surface area contributed by atoms with Crippen LogP contribution < -0.4 is 10.6 Å². The van der Waals surface area contributed by atoms with Crippen LogP contribution >= 0.6 is 0 Å². The van der Waals surface area contributed by atoms with E-state index in [1.807, 2.05) is 0 Å². The summed E-state index contributed by atoms with van der Waals surface area (Å²) in [7, 11) is 0. The molecular weight excluding hydrogens is 256 g/mol. The summed E-state index contributed by atoms with van der Waals surface area (Å²) in [6.45, 7) is 4.57. The van der Waals surface area contributed by atoms with Crippen molar-refractivity contribution in [3.05, 3.63) is 35.9 Å². The molecule has 0 heterocycles. The van der Waals surface area contributed by atoms with Gasteiger partial charge in [-0.1, -0.05) is 30.3 Å². The minimum Gasteiger partial charge on any atom is -0.444 e. The Hall–Kier alpha value is -2.04. The first-order chi connectivity index (χ1) is 10.0. The van der Waals surface area contributed by atoms with Crippen molar-refractivity contribution in [3.8, 4) is 0 Å². The van der Waals surface area contributed by atoms with E-state index in [0.29, 0.717) is 5.56 Å². The summed E-state index contributed by atoms with van der Waals surface area (Å²) >= 11 is 0. The second kappa shape index (κ2) is 6.93. The van der Waals surface area contributed by atoms with Gasteiger partial charge in [-0.2, -0.15) is 0 Å². The molecule has 0 bridgehead atoms. The van der Waals surface area contributed by atoms with Crippen LogP contribution in [0.5, 0.6) is 0 Å². The second-order valence-electron chi connectivity index (χ2n) is 5.35. The van der Waals surface area contributed by atoms with Crippen molar-refractivity contribution in [2.75, 3.05) is 0 Å². The number of hydrogen-bond acceptors (Lipinski definition) is 3. The van der Waals surface area contributed by atoms with Crippen LogP contribution in [0.25, 0.3) is 0 Å². The molecular formula is C15H22N2O3. The van der Waals surface area contributed by atoms with E-state index in [-0.39, 0.29) is 0 Å². The van der Waals surface area contributed by atoms with Crippen molar-refractivity contribution >= 4 is 12.0 Å². The van der Waals surface area contributed by atoms with Crippen molar-refractivity contribution in [2.24, 2.45) is 0 Å². The third-order valence-corrected chi connectivity index (χ3v) is 2.23. The summed E-state index contributed by atoms with van der Waals surface area (Å²) in [5.41, 5.74) is -0.341. The fourth-order valence-corrected chi connectivity index (χ4v) is 1.31. The van der Waals surface area contributed by atoms with Crippen molar-refractivity contribution in [1.82, 2.24) is 10.6 Å². The molecule has 0 aromatic heterocycles. The van der Waals surface area contributed by atoms with Crippen LogP contribution in [0, 0.1) is 0 Å². The van der Waals surface area contributed by atoms with Gasteiger partial charge in [-0.3, -0.25) is 4.79 Å². The number of ether oxygens (including phenoxy) is 1. The highest BCUT2D eigenvalue weighted by Gasteiger charge is 2.20. The lowest BCUT2D eigenvalue weighted by atomic mass is 10.2. The van der Waals surface area contributed by atoms with E-state index in [1.165, 1.54) is 6.92 Å². The summed E-state index contributed by atoms with van der Waals surface area (Å²) < 4.78 is 20.9. The molecule has 1 aromatic rings. The Labute approximate surface area is 122 Å². The van der Waals surface area contributed by atoms with Gasteiger partial charge in [0.05, 0.1) is 2.74 Å². The lowest BCUT2D eigenvalue weighted by Crippen LogP contribution is -2.46. The zero-order chi connectivity index (χ0) is 17.0. The number of carbonyl (C=O) groups is 2. The highest BCUT2D eigenvalue weighted by Crippen LogP contribution is 2.06. The van der Waals surface area contributed by atoms with E-state index in [2.05, 4.69) is 10.6 Å². The first-order valence-corrected chi connectivity index (χ1v) is 6.38. The van der Waals surface area contributed by atoms with Crippen molar-refractivity contribution in [2.45, 2.75) is 45.8 Å². The normalized spacial score (nSPS) is 14.6. The van der Waals surface area contributed by atoms with Crippen molar-refractivity contribution < 1.29 is 17.1 Å². The van der Waals surface area contributed by atoms with Crippen molar-refractivity contribution in [1.29, 1.82) is 0 Å². The largest absolute Gasteiger partial charge is 0.444 e. The number of hydrogen-bond donors (Lipinski definition) is 2. The molecule has 1 unspecified atom stereocenters. The van der Waals surface area contributed by atoms with Crippen LogP contribution in [0.3, 0.4) is 0 Å². The lowest BCUT2D eigenvalue weighted by Gasteiger charge is -2.21. The quantitative estimate of drug-likeness (QED) is 0.888. The summed E-state index contributed by atoms with van der Waals surface area (Å²) in [6.07, 6.45) is -0.726. The number of carbonyl (C=O) groups excluding carboxylic acids is 2. The van der Waals surface area contributed by atoms with Gasteiger partial charge in [-0.15, -0.1) is 0 Å². The van der Waals surface area contributed by atoms with Crippen LogP contribution in [-0.4, -0.2) is 23.6 Å². The predicted molar refractivity (Wildman–Crippen MR) is 77.1 cm³/mol. The van der Waals surface area contributed by atoms with Gasteiger partial charge >= 0.3 is 6.09 Å². The first-order valence-electron chi connectivity index (χ1n) is 7.38. The number of alkyl carbamates (subject to hydrolysis) is 1. The first kappa shape index (κ1) is 13.0. The number of amides is 2. The van der Waals surface area contributed by atoms with Crippen LogP contribution in [0.1, 0.15) is 36.0 Å². The molecule has 0 aliphatic rings. The van der Waals surface area contributed by atoms with Gasteiger partial charge in [0, 0.05) is 6.50 Å². The monoisotopic (exact) mass is 280 g/mol. The Morgan fingerprint density at radius 2 is 1.90 bits per heavy atom. The van der Waals surface area contributed by atoms with Crippen LogP contribution in [0.2, 0.25) is 0 Å². The fourth-order valence-electron chi connectivity index (χ4n) is 1.31. The highest BCUT2D eigenvalue weighted by molar-refractivity contribution is 5.85. The Balaban J connectivity index is 2.63. The maximum atomic E-state index is 12.0. The maximum Gasteiger partial charge on any atom is 0.408 e. The minimum absolute atomic E-state index is 0.327. The highest BCUT2D eigenvalue weighted by atomic mass is 16.6. The molecule has 1 rings (SSSR count). The molecule has 1 aromatic carbocycles. The van der Waals surface area contributed by atoms with Crippen LogP contribution in [0.4, 0.5) is 4.79 Å². The van der Waals surface area contributed by atoms with Gasteiger partial charge in [-0.05, 0) is 33.3 Å². The summed E-state index contributed by atoms with van der Waals surface area (Å²) in [4.78, 5) is 23.6. The molecule has 5 nitrogen and oxygen atoms in total. The third kappa shape index (κ3) is 6.22. The molecule has 0 spiro atoms. The standard InChI is InChI=1S/C15H22N2O3/c1-11(17-14(19)20-15(2,3)4)13(18)16-10-12-8-6-5-7-9-12/h5-9,11H,10H2,1-4H3,(H,16,18)(H,17,19)/i10D2. The van der Waals surface area contributed by atoms with Gasteiger partial charge in [-0.25, -0.2) is 4.79 Å². The predicted octanol–water partition coefficient (Wildman–Crippen LogP) is 2.22. The smallest absolute Gasteiger partial charge is 0.408 e. The lowest BCUT2D eigenvalue weighted by molar-refractivity contribution is -0.122. The third-order valence-electron chi connectivity index (χ3n) is 2.23. The summed E-state index contributed by atoms with van der Waals surface area (Å²) in [5, 5.41) is 4.64. The number of benzene rings is 1. The Bertz CT molecular complexity index is 527. The van der Waals surface area contributed by atoms with E-state index in [4.69, 9.17) is 7.48 Å². The molecule has 0 radical (unpaired) electrons. The zero-order valence-electron chi connectivity index (χ0n) is 14.2. The molecule has 0 aliphatic heterocycles. The van der Waals surface area contributed by atoms with Crippen LogP contribution in [-0.2, 0) is 16.0 Å². The number of nitrogens with one attached hydrogen (secondary N) is 2. The Morgan fingerprint density at radius 1 is 1.30 bits per heavy atom. The minimum atomic E-state index is -2.03. The van der Waals surface area contributed by atoms with Gasteiger partial charge in [0.25, 0.3) is 0 Å². The van der Waals surface area contributed by atoms with E-state index in [1.54, 1.807) is 51.1 Å². The molecule has 2 amide bonds. The van der Waals surface area contributed by atoms with E-state index >= 15 is 0 Å². The zero-order valence-corrected chi connectivity index (χ0v) is 12.2. The molecule has 0 saturated carbocycles. The maximum absolute atomic E-state index is 12.0. The van der Waals surface area contributed by atoms with Gasteiger partial charge in [0.2, 0.25) is 5.91 Å².